The molecule has 0 saturated carbocycles. The summed E-state index contributed by atoms with van der Waals surface area (Å²) in [5, 5.41) is 18.5. The second-order valence-electron chi connectivity index (χ2n) is 7.81. The Bertz CT molecular complexity index is 953. The predicted molar refractivity (Wildman–Crippen MR) is 117 cm³/mol. The molecule has 30 heavy (non-hydrogen) atoms. The number of aryl methyl sites for hydroxylation is 1. The molecule has 2 N–H and O–H groups in total. The van der Waals surface area contributed by atoms with Gasteiger partial charge in [-0.3, -0.25) is 0 Å². The zero-order valence-corrected chi connectivity index (χ0v) is 17.2. The first-order valence-corrected chi connectivity index (χ1v) is 10.4. The smallest absolute Gasteiger partial charge is 0.119 e. The second-order valence-corrected chi connectivity index (χ2v) is 7.81. The number of ether oxygens (including phenoxy) is 2. The molecule has 0 fully saturated rings. The Morgan fingerprint density at radius 2 is 1.67 bits per heavy atom. The highest BCUT2D eigenvalue weighted by molar-refractivity contribution is 5.48. The Kier molecular flexibility index (Phi) is 6.36. The summed E-state index contributed by atoms with van der Waals surface area (Å²) in [6.07, 6.45) is 1.24. The van der Waals surface area contributed by atoms with E-state index in [2.05, 4.69) is 54.6 Å². The van der Waals surface area contributed by atoms with Crippen molar-refractivity contribution in [3.63, 3.8) is 0 Å². The van der Waals surface area contributed by atoms with Crippen LogP contribution in [0.1, 0.15) is 40.5 Å². The molecule has 3 atom stereocenters. The maximum atomic E-state index is 9.51. The van der Waals surface area contributed by atoms with Crippen molar-refractivity contribution in [1.29, 1.82) is 0 Å². The summed E-state index contributed by atoms with van der Waals surface area (Å²) in [7, 11) is 1.71. The molecule has 0 bridgehead atoms. The van der Waals surface area contributed by atoms with Crippen LogP contribution in [0.25, 0.3) is 0 Å². The molecule has 0 aliphatic heterocycles. The van der Waals surface area contributed by atoms with E-state index in [0.29, 0.717) is 11.7 Å². The van der Waals surface area contributed by atoms with Crippen molar-refractivity contribution in [1.82, 2.24) is 0 Å². The van der Waals surface area contributed by atoms with Gasteiger partial charge in [-0.1, -0.05) is 48.5 Å². The van der Waals surface area contributed by atoms with Gasteiger partial charge in [-0.2, -0.15) is 0 Å². The van der Waals surface area contributed by atoms with Crippen LogP contribution in [0.4, 0.5) is 0 Å². The topological polar surface area (TPSA) is 58.9 Å². The molecule has 1 aliphatic rings. The molecule has 0 saturated heterocycles. The minimum absolute atomic E-state index is 0.0779. The van der Waals surface area contributed by atoms with E-state index >= 15 is 0 Å². The monoisotopic (exact) mass is 404 g/mol. The van der Waals surface area contributed by atoms with Gasteiger partial charge < -0.3 is 19.7 Å². The maximum Gasteiger partial charge on any atom is 0.119 e. The lowest BCUT2D eigenvalue weighted by Gasteiger charge is -2.35. The molecule has 4 nitrogen and oxygen atoms in total. The lowest BCUT2D eigenvalue weighted by atomic mass is 9.69. The zero-order valence-electron chi connectivity index (χ0n) is 17.2. The average Bonchev–Trinajstić information content (AvgIpc) is 2.82. The molecule has 1 aliphatic carbocycles. The number of aliphatic hydroxyl groups is 2. The molecule has 0 amide bonds. The third-order valence-corrected chi connectivity index (χ3v) is 5.93. The molecule has 0 radical (unpaired) electrons. The van der Waals surface area contributed by atoms with E-state index in [1.807, 2.05) is 18.2 Å². The Morgan fingerprint density at radius 3 is 2.37 bits per heavy atom. The number of methoxy groups -OCH3 is 1. The van der Waals surface area contributed by atoms with Gasteiger partial charge in [-0.25, -0.2) is 0 Å². The number of aliphatic hydroxyl groups excluding tert-OH is 2. The van der Waals surface area contributed by atoms with Gasteiger partial charge in [0.15, 0.2) is 0 Å². The van der Waals surface area contributed by atoms with Gasteiger partial charge in [-0.05, 0) is 65.3 Å². The summed E-state index contributed by atoms with van der Waals surface area (Å²) in [5.74, 6) is 2.24. The van der Waals surface area contributed by atoms with E-state index < -0.39 is 6.10 Å². The summed E-state index contributed by atoms with van der Waals surface area (Å²) in [5.41, 5.74) is 5.29. The largest absolute Gasteiger partial charge is 0.497 e. The Balaban J connectivity index is 1.68. The van der Waals surface area contributed by atoms with E-state index in [1.165, 1.54) is 22.3 Å². The second kappa shape index (κ2) is 9.33. The predicted octanol–water partition coefficient (Wildman–Crippen LogP) is 4.29. The first-order valence-electron chi connectivity index (χ1n) is 10.4. The van der Waals surface area contributed by atoms with Gasteiger partial charge in [0.2, 0.25) is 0 Å². The summed E-state index contributed by atoms with van der Waals surface area (Å²) >= 11 is 0. The normalized spacial score (nSPS) is 19.0. The third kappa shape index (κ3) is 4.35. The molecule has 3 aromatic rings. The van der Waals surface area contributed by atoms with Gasteiger partial charge in [0, 0.05) is 5.92 Å². The summed E-state index contributed by atoms with van der Waals surface area (Å²) < 4.78 is 11.0. The first-order chi connectivity index (χ1) is 14.7. The number of hydrogen-bond acceptors (Lipinski definition) is 4. The van der Waals surface area contributed by atoms with Crippen molar-refractivity contribution < 1.29 is 19.7 Å². The van der Waals surface area contributed by atoms with E-state index in [9.17, 15) is 5.11 Å². The van der Waals surface area contributed by atoms with Crippen LogP contribution in [0, 0.1) is 0 Å². The summed E-state index contributed by atoms with van der Waals surface area (Å²) in [6.45, 7) is -0.228. The molecule has 0 aromatic heterocycles. The van der Waals surface area contributed by atoms with Crippen LogP contribution in [0.3, 0.4) is 0 Å². The van der Waals surface area contributed by atoms with Crippen LogP contribution >= 0.6 is 0 Å². The zero-order chi connectivity index (χ0) is 20.9. The van der Waals surface area contributed by atoms with Gasteiger partial charge in [-0.15, -0.1) is 0 Å². The number of hydrogen-bond donors (Lipinski definition) is 2. The molecule has 4 heteroatoms. The van der Waals surface area contributed by atoms with Crippen LogP contribution in [0.15, 0.2) is 72.8 Å². The molecule has 0 heterocycles. The molecule has 156 valence electrons. The minimum Gasteiger partial charge on any atom is -0.497 e. The summed E-state index contributed by atoms with van der Waals surface area (Å²) in [4.78, 5) is 0. The van der Waals surface area contributed by atoms with Crippen LogP contribution < -0.4 is 9.47 Å². The molecular formula is C26H28O4. The van der Waals surface area contributed by atoms with Crippen LogP contribution in [0.5, 0.6) is 11.5 Å². The Hall–Kier alpha value is -2.82. The lowest BCUT2D eigenvalue weighted by Crippen LogP contribution is -2.21. The fourth-order valence-electron chi connectivity index (χ4n) is 4.41. The van der Waals surface area contributed by atoms with Crippen LogP contribution in [0.2, 0.25) is 0 Å². The summed E-state index contributed by atoms with van der Waals surface area (Å²) in [6, 6.07) is 25.3. The lowest BCUT2D eigenvalue weighted by molar-refractivity contribution is 0.0536. The highest BCUT2D eigenvalue weighted by Gasteiger charge is 2.32. The van der Waals surface area contributed by atoms with Crippen molar-refractivity contribution in [3.8, 4) is 11.5 Å². The van der Waals surface area contributed by atoms with Crippen molar-refractivity contribution in [2.45, 2.75) is 30.8 Å². The van der Waals surface area contributed by atoms with Crippen molar-refractivity contribution in [3.05, 3.63) is 95.1 Å². The average molecular weight is 405 g/mol. The fraction of sp³-hybridized carbons (Fsp3) is 0.308. The SMILES string of the molecule is COc1ccc2c(c1)CC[C@H](c1ccccc1)[C@@H]2c1ccc(OCC(O)CO)cc1. The van der Waals surface area contributed by atoms with Crippen molar-refractivity contribution >= 4 is 0 Å². The Morgan fingerprint density at radius 1 is 0.933 bits per heavy atom. The van der Waals surface area contributed by atoms with Crippen molar-refractivity contribution in [2.75, 3.05) is 20.3 Å². The van der Waals surface area contributed by atoms with Crippen molar-refractivity contribution in [2.24, 2.45) is 0 Å². The van der Waals surface area contributed by atoms with Gasteiger partial charge in [0.25, 0.3) is 0 Å². The van der Waals surface area contributed by atoms with E-state index in [0.717, 1.165) is 18.6 Å². The number of rotatable bonds is 7. The first kappa shape index (κ1) is 20.5. The van der Waals surface area contributed by atoms with E-state index in [1.54, 1.807) is 7.11 Å². The minimum atomic E-state index is -0.868. The molecular weight excluding hydrogens is 376 g/mol. The highest BCUT2D eigenvalue weighted by Crippen LogP contribution is 2.47. The molecule has 1 unspecified atom stereocenters. The van der Waals surface area contributed by atoms with E-state index in [-0.39, 0.29) is 19.1 Å². The van der Waals surface area contributed by atoms with Gasteiger partial charge in [0.05, 0.1) is 13.7 Å². The maximum absolute atomic E-state index is 9.51. The molecule has 4 rings (SSSR count). The third-order valence-electron chi connectivity index (χ3n) is 5.93. The quantitative estimate of drug-likeness (QED) is 0.617. The number of fused-ring (bicyclic) bond motifs is 1. The van der Waals surface area contributed by atoms with Gasteiger partial charge in [0.1, 0.15) is 24.2 Å². The van der Waals surface area contributed by atoms with E-state index in [4.69, 9.17) is 14.6 Å². The Labute approximate surface area is 177 Å². The highest BCUT2D eigenvalue weighted by atomic mass is 16.5. The molecule has 0 spiro atoms. The van der Waals surface area contributed by atoms with Crippen LogP contribution in [-0.4, -0.2) is 36.6 Å². The standard InChI is InChI=1S/C26H28O4/c1-29-23-12-14-25-20(15-23)9-13-24(18-5-3-2-4-6-18)26(25)19-7-10-22(11-8-19)30-17-21(28)16-27/h2-8,10-12,14-15,21,24,26-28H,9,13,16-17H2,1H3/t21?,24-,26+/m1/s1. The molecule has 3 aromatic carbocycles. The van der Waals surface area contributed by atoms with Crippen LogP contribution in [-0.2, 0) is 6.42 Å². The number of benzene rings is 3. The fourth-order valence-corrected chi connectivity index (χ4v) is 4.41. The van der Waals surface area contributed by atoms with Gasteiger partial charge >= 0.3 is 0 Å².